The minimum absolute atomic E-state index is 0.0563. The van der Waals surface area contributed by atoms with E-state index in [1.54, 1.807) is 19.1 Å². The van der Waals surface area contributed by atoms with Crippen LogP contribution in [0.2, 0.25) is 0 Å². The number of carbonyl (C=O) groups excluding carboxylic acids is 1. The number of halogens is 1. The van der Waals surface area contributed by atoms with E-state index in [-0.39, 0.29) is 29.0 Å². The molecule has 2 rings (SSSR count). The Balaban J connectivity index is 2.14. The van der Waals surface area contributed by atoms with E-state index in [2.05, 4.69) is 33.4 Å². The van der Waals surface area contributed by atoms with Gasteiger partial charge in [0.2, 0.25) is 0 Å². The predicted octanol–water partition coefficient (Wildman–Crippen LogP) is 6.12. The van der Waals surface area contributed by atoms with Gasteiger partial charge in [-0.25, -0.2) is 4.39 Å². The van der Waals surface area contributed by atoms with Crippen molar-refractivity contribution < 1.29 is 9.18 Å². The van der Waals surface area contributed by atoms with E-state index in [1.165, 1.54) is 16.7 Å². The number of rotatable bonds is 10. The average molecular weight is 372 g/mol. The number of Topliss-reactive ketones (excluding diaryl/α,β-unsaturated/α-hetero) is 1. The van der Waals surface area contributed by atoms with Gasteiger partial charge in [-0.1, -0.05) is 50.1 Å². The molecule has 2 aliphatic rings. The van der Waals surface area contributed by atoms with Crippen LogP contribution in [-0.4, -0.2) is 11.8 Å². The van der Waals surface area contributed by atoms with Crippen molar-refractivity contribution in [3.05, 3.63) is 59.0 Å². The molecule has 3 atom stereocenters. The first kappa shape index (κ1) is 21.6. The molecule has 2 nitrogen and oxygen atoms in total. The molecule has 3 heteroatoms. The Morgan fingerprint density at radius 1 is 1.41 bits per heavy atom. The molecule has 0 bridgehead atoms. The maximum absolute atomic E-state index is 13.2. The lowest BCUT2D eigenvalue weighted by atomic mass is 9.82. The smallest absolute Gasteiger partial charge is 0.146 e. The van der Waals surface area contributed by atoms with Gasteiger partial charge in [0, 0.05) is 11.3 Å². The molecule has 3 unspecified atom stereocenters. The molecule has 0 radical (unpaired) electrons. The SMILES string of the molecule is C=C(/C=C(\C)C1C=CC(F)=CC1)C1=C(CC)C1(CCC)CCC(N)C(C)=O. The topological polar surface area (TPSA) is 43.1 Å². The minimum Gasteiger partial charge on any atom is -0.322 e. The molecule has 0 spiro atoms. The summed E-state index contributed by atoms with van der Waals surface area (Å²) < 4.78 is 13.2. The lowest BCUT2D eigenvalue weighted by molar-refractivity contribution is -0.118. The van der Waals surface area contributed by atoms with Gasteiger partial charge in [-0.3, -0.25) is 4.79 Å². The summed E-state index contributed by atoms with van der Waals surface area (Å²) in [5.41, 5.74) is 11.2. The Morgan fingerprint density at radius 3 is 2.63 bits per heavy atom. The molecule has 0 amide bonds. The number of ketones is 1. The van der Waals surface area contributed by atoms with Crippen LogP contribution in [0, 0.1) is 11.3 Å². The Bertz CT molecular complexity index is 725. The van der Waals surface area contributed by atoms with Crippen molar-refractivity contribution in [2.24, 2.45) is 17.1 Å². The van der Waals surface area contributed by atoms with Gasteiger partial charge >= 0.3 is 0 Å². The molecule has 27 heavy (non-hydrogen) atoms. The molecular weight excluding hydrogens is 337 g/mol. The first-order valence-corrected chi connectivity index (χ1v) is 10.2. The summed E-state index contributed by atoms with van der Waals surface area (Å²) in [4.78, 5) is 11.5. The maximum Gasteiger partial charge on any atom is 0.146 e. The molecule has 0 aromatic heterocycles. The summed E-state index contributed by atoms with van der Waals surface area (Å²) in [5.74, 6) is 0.137. The van der Waals surface area contributed by atoms with E-state index < -0.39 is 0 Å². The Hall–Kier alpha value is -1.74. The zero-order valence-electron chi connectivity index (χ0n) is 17.3. The van der Waals surface area contributed by atoms with Crippen LogP contribution in [0.25, 0.3) is 0 Å². The molecule has 2 N–H and O–H groups in total. The van der Waals surface area contributed by atoms with Gasteiger partial charge < -0.3 is 5.73 Å². The van der Waals surface area contributed by atoms with Crippen LogP contribution in [0.4, 0.5) is 4.39 Å². The fraction of sp³-hybridized carbons (Fsp3) is 0.542. The highest BCUT2D eigenvalue weighted by Gasteiger charge is 2.51. The van der Waals surface area contributed by atoms with Gasteiger partial charge in [0.05, 0.1) is 6.04 Å². The number of carbonyl (C=O) groups is 1. The van der Waals surface area contributed by atoms with Crippen molar-refractivity contribution in [1.82, 2.24) is 0 Å². The second-order valence-electron chi connectivity index (χ2n) is 8.00. The van der Waals surface area contributed by atoms with Crippen LogP contribution in [0.3, 0.4) is 0 Å². The first-order valence-electron chi connectivity index (χ1n) is 10.2. The third-order valence-corrected chi connectivity index (χ3v) is 6.09. The molecule has 0 fully saturated rings. The number of hydrogen-bond donors (Lipinski definition) is 1. The van der Waals surface area contributed by atoms with Crippen LogP contribution in [0.15, 0.2) is 59.0 Å². The van der Waals surface area contributed by atoms with E-state index in [0.29, 0.717) is 12.8 Å². The maximum atomic E-state index is 13.2. The van der Waals surface area contributed by atoms with Crippen molar-refractivity contribution >= 4 is 5.78 Å². The van der Waals surface area contributed by atoms with Crippen LogP contribution >= 0.6 is 0 Å². The summed E-state index contributed by atoms with van der Waals surface area (Å²) in [6.07, 6.45) is 12.8. The summed E-state index contributed by atoms with van der Waals surface area (Å²) in [6, 6.07) is -0.377. The highest BCUT2D eigenvalue weighted by Crippen LogP contribution is 2.63. The van der Waals surface area contributed by atoms with Gasteiger partial charge in [-0.05, 0) is 69.2 Å². The molecule has 2 aliphatic carbocycles. The summed E-state index contributed by atoms with van der Waals surface area (Å²) in [7, 11) is 0. The minimum atomic E-state index is -0.377. The zero-order valence-corrected chi connectivity index (χ0v) is 17.3. The van der Waals surface area contributed by atoms with Crippen LogP contribution < -0.4 is 5.73 Å². The quantitative estimate of drug-likeness (QED) is 0.470. The number of allylic oxidation sites excluding steroid dienone is 9. The third-order valence-electron chi connectivity index (χ3n) is 6.09. The molecule has 0 saturated heterocycles. The second-order valence-corrected chi connectivity index (χ2v) is 8.00. The first-order chi connectivity index (χ1) is 12.8. The van der Waals surface area contributed by atoms with E-state index >= 15 is 0 Å². The van der Waals surface area contributed by atoms with Crippen LogP contribution in [0.1, 0.15) is 66.2 Å². The van der Waals surface area contributed by atoms with Gasteiger partial charge in [0.15, 0.2) is 0 Å². The highest BCUT2D eigenvalue weighted by atomic mass is 19.1. The molecule has 0 aromatic carbocycles. The monoisotopic (exact) mass is 371 g/mol. The molecule has 148 valence electrons. The number of nitrogens with two attached hydrogens (primary N) is 1. The average Bonchev–Trinajstić information content (AvgIpc) is 3.27. The molecule has 0 heterocycles. The Morgan fingerprint density at radius 2 is 2.11 bits per heavy atom. The van der Waals surface area contributed by atoms with Crippen LogP contribution in [-0.2, 0) is 4.79 Å². The standard InChI is InChI=1S/C24H34FNO/c1-6-13-24(14-12-22(26)18(5)27)21(7-2)23(24)17(4)15-16(3)19-8-10-20(25)11-9-19/h8,10-11,15,19,22H,4,6-7,9,12-14,26H2,1-3,5H3/b16-15+. The normalized spacial score (nSPS) is 26.1. The molecule has 0 saturated carbocycles. The highest BCUT2D eigenvalue weighted by molar-refractivity contribution is 5.81. The van der Waals surface area contributed by atoms with E-state index in [1.807, 2.05) is 6.08 Å². The summed E-state index contributed by atoms with van der Waals surface area (Å²) in [5, 5.41) is 0. The molecule has 0 aliphatic heterocycles. The van der Waals surface area contributed by atoms with Crippen molar-refractivity contribution in [2.45, 2.75) is 72.3 Å². The lowest BCUT2D eigenvalue weighted by Gasteiger charge is -2.22. The fourth-order valence-corrected chi connectivity index (χ4v) is 4.53. The van der Waals surface area contributed by atoms with Gasteiger partial charge in [-0.15, -0.1) is 0 Å². The molecule has 0 aromatic rings. The van der Waals surface area contributed by atoms with Crippen LogP contribution in [0.5, 0.6) is 0 Å². The van der Waals surface area contributed by atoms with Crippen molar-refractivity contribution in [3.63, 3.8) is 0 Å². The van der Waals surface area contributed by atoms with Gasteiger partial charge in [0.1, 0.15) is 11.6 Å². The number of hydrogen-bond acceptors (Lipinski definition) is 2. The third kappa shape index (κ3) is 4.76. The van der Waals surface area contributed by atoms with E-state index in [9.17, 15) is 9.18 Å². The summed E-state index contributed by atoms with van der Waals surface area (Å²) >= 11 is 0. The van der Waals surface area contributed by atoms with E-state index in [0.717, 1.165) is 31.3 Å². The van der Waals surface area contributed by atoms with Gasteiger partial charge in [-0.2, -0.15) is 0 Å². The second kappa shape index (κ2) is 8.97. The zero-order chi connectivity index (χ0) is 20.2. The van der Waals surface area contributed by atoms with E-state index in [4.69, 9.17) is 5.73 Å². The predicted molar refractivity (Wildman–Crippen MR) is 112 cm³/mol. The largest absolute Gasteiger partial charge is 0.322 e. The van der Waals surface area contributed by atoms with Gasteiger partial charge in [0.25, 0.3) is 0 Å². The Labute approximate surface area is 163 Å². The summed E-state index contributed by atoms with van der Waals surface area (Å²) in [6.45, 7) is 12.4. The molecular formula is C24H34FNO. The fourth-order valence-electron chi connectivity index (χ4n) is 4.53. The van der Waals surface area contributed by atoms with Crippen molar-refractivity contribution in [3.8, 4) is 0 Å². The van der Waals surface area contributed by atoms with Crippen molar-refractivity contribution in [2.75, 3.05) is 0 Å². The van der Waals surface area contributed by atoms with Crippen molar-refractivity contribution in [1.29, 1.82) is 0 Å². The lowest BCUT2D eigenvalue weighted by Crippen LogP contribution is -2.29. The Kier molecular flexibility index (Phi) is 7.16.